The van der Waals surface area contributed by atoms with Crippen molar-refractivity contribution in [2.75, 3.05) is 7.05 Å². The minimum Gasteiger partial charge on any atom is -0.360 e. The van der Waals surface area contributed by atoms with Gasteiger partial charge in [-0.05, 0) is 37.0 Å². The lowest BCUT2D eigenvalue weighted by atomic mass is 9.60. The first-order valence-electron chi connectivity index (χ1n) is 12.3. The number of nitrogens with zero attached hydrogens (tertiary/aromatic N) is 3. The van der Waals surface area contributed by atoms with Gasteiger partial charge in [0.05, 0.1) is 17.6 Å². The molecule has 178 valence electrons. The molecule has 1 aliphatic carbocycles. The molecule has 1 saturated carbocycles. The second-order valence-electron chi connectivity index (χ2n) is 8.85. The molecule has 1 N–H and O–H groups in total. The standard InChI is InChI=1S/C26H28N4O2.C2H6/c1-4-23-28-22(29-32-23)16-30(3)25(31)20-8-5-7-19-21(15-27-24(19)20)26(13-6-14-26)18-11-9-17(2)10-12-18;1-2/h5,7-12,15,27H,4,6,13-14,16H2,1-3H3;1-2H3. The number of amides is 1. The quantitative estimate of drug-likeness (QED) is 0.374. The van der Waals surface area contributed by atoms with Crippen molar-refractivity contribution in [3.05, 3.63) is 82.6 Å². The van der Waals surface area contributed by atoms with Gasteiger partial charge in [0.2, 0.25) is 5.89 Å². The summed E-state index contributed by atoms with van der Waals surface area (Å²) in [5.41, 5.74) is 5.47. The van der Waals surface area contributed by atoms with Gasteiger partial charge in [0.15, 0.2) is 5.82 Å². The molecule has 2 aromatic heterocycles. The number of fused-ring (bicyclic) bond motifs is 1. The maximum absolute atomic E-state index is 13.3. The number of benzene rings is 2. The Kier molecular flexibility index (Phi) is 6.87. The van der Waals surface area contributed by atoms with Gasteiger partial charge >= 0.3 is 0 Å². The highest BCUT2D eigenvalue weighted by Gasteiger charge is 2.42. The lowest BCUT2D eigenvalue weighted by Gasteiger charge is -2.42. The van der Waals surface area contributed by atoms with Gasteiger partial charge in [0.25, 0.3) is 5.91 Å². The fraction of sp³-hybridized carbons (Fsp3) is 0.393. The smallest absolute Gasteiger partial charge is 0.256 e. The van der Waals surface area contributed by atoms with E-state index in [0.717, 1.165) is 23.7 Å². The average Bonchev–Trinajstić information content (AvgIpc) is 3.48. The summed E-state index contributed by atoms with van der Waals surface area (Å²) in [5, 5.41) is 5.09. The zero-order valence-corrected chi connectivity index (χ0v) is 20.8. The first kappa shape index (κ1) is 23.7. The van der Waals surface area contributed by atoms with Crippen LogP contribution in [0.3, 0.4) is 0 Å². The zero-order valence-electron chi connectivity index (χ0n) is 20.8. The van der Waals surface area contributed by atoms with Crippen LogP contribution in [0.25, 0.3) is 10.9 Å². The van der Waals surface area contributed by atoms with Crippen molar-refractivity contribution in [3.8, 4) is 0 Å². The van der Waals surface area contributed by atoms with Gasteiger partial charge < -0.3 is 14.4 Å². The summed E-state index contributed by atoms with van der Waals surface area (Å²) in [6.45, 7) is 8.38. The Morgan fingerprint density at radius 1 is 1.15 bits per heavy atom. The Labute approximate surface area is 201 Å². The number of carbonyl (C=O) groups excluding carboxylic acids is 1. The Hall–Kier alpha value is -3.41. The van der Waals surface area contributed by atoms with Gasteiger partial charge in [-0.2, -0.15) is 4.98 Å². The molecule has 0 radical (unpaired) electrons. The largest absolute Gasteiger partial charge is 0.360 e. The zero-order chi connectivity index (χ0) is 24.3. The molecule has 2 heterocycles. The predicted octanol–water partition coefficient (Wildman–Crippen LogP) is 6.19. The molecule has 0 saturated heterocycles. The van der Waals surface area contributed by atoms with Crippen LogP contribution in [0.5, 0.6) is 0 Å². The fourth-order valence-electron chi connectivity index (χ4n) is 4.83. The molecular formula is C28H34N4O2. The van der Waals surface area contributed by atoms with Crippen LogP contribution in [-0.2, 0) is 18.4 Å². The molecule has 0 unspecified atom stereocenters. The first-order chi connectivity index (χ1) is 16.5. The van der Waals surface area contributed by atoms with Gasteiger partial charge in [0.1, 0.15) is 0 Å². The Balaban J connectivity index is 0.00000133. The van der Waals surface area contributed by atoms with Crippen LogP contribution in [0, 0.1) is 6.92 Å². The molecular weight excluding hydrogens is 424 g/mol. The molecule has 5 rings (SSSR count). The molecule has 0 atom stereocenters. The van der Waals surface area contributed by atoms with Crippen molar-refractivity contribution in [3.63, 3.8) is 0 Å². The monoisotopic (exact) mass is 458 g/mol. The second-order valence-corrected chi connectivity index (χ2v) is 8.85. The summed E-state index contributed by atoms with van der Waals surface area (Å²) in [5.74, 6) is 1.04. The number of aromatic nitrogens is 3. The Bertz CT molecular complexity index is 1270. The highest BCUT2D eigenvalue weighted by atomic mass is 16.5. The SMILES string of the molecule is CC.CCc1nc(CN(C)C(=O)c2cccc3c(C4(c5ccc(C)cc5)CCC4)c[nH]c23)no1. The Morgan fingerprint density at radius 3 is 2.50 bits per heavy atom. The molecule has 0 aliphatic heterocycles. The van der Waals surface area contributed by atoms with E-state index < -0.39 is 0 Å². The van der Waals surface area contributed by atoms with Crippen molar-refractivity contribution in [1.82, 2.24) is 20.0 Å². The first-order valence-corrected chi connectivity index (χ1v) is 12.3. The number of hydrogen-bond acceptors (Lipinski definition) is 4. The van der Waals surface area contributed by atoms with Crippen LogP contribution < -0.4 is 0 Å². The summed E-state index contributed by atoms with van der Waals surface area (Å²) < 4.78 is 5.17. The van der Waals surface area contributed by atoms with E-state index in [1.807, 2.05) is 32.9 Å². The summed E-state index contributed by atoms with van der Waals surface area (Å²) in [6, 6.07) is 14.9. The van der Waals surface area contributed by atoms with Crippen LogP contribution in [0.4, 0.5) is 0 Å². The highest BCUT2D eigenvalue weighted by molar-refractivity contribution is 6.06. The Morgan fingerprint density at radius 2 is 1.88 bits per heavy atom. The van der Waals surface area contributed by atoms with Crippen molar-refractivity contribution in [2.24, 2.45) is 0 Å². The molecule has 6 heteroatoms. The maximum atomic E-state index is 13.3. The lowest BCUT2D eigenvalue weighted by molar-refractivity contribution is 0.0782. The molecule has 1 fully saturated rings. The molecule has 34 heavy (non-hydrogen) atoms. The van der Waals surface area contributed by atoms with Crippen LogP contribution in [0.1, 0.15) is 78.8 Å². The van der Waals surface area contributed by atoms with Crippen LogP contribution in [-0.4, -0.2) is 33.0 Å². The van der Waals surface area contributed by atoms with Crippen molar-refractivity contribution < 1.29 is 9.32 Å². The number of aromatic amines is 1. The van der Waals surface area contributed by atoms with Gasteiger partial charge in [-0.3, -0.25) is 4.79 Å². The number of H-pyrrole nitrogens is 1. The maximum Gasteiger partial charge on any atom is 0.256 e. The second kappa shape index (κ2) is 9.84. The van der Waals surface area contributed by atoms with E-state index in [-0.39, 0.29) is 11.3 Å². The third-order valence-electron chi connectivity index (χ3n) is 6.81. The molecule has 4 aromatic rings. The van der Waals surface area contributed by atoms with Crippen LogP contribution >= 0.6 is 0 Å². The number of hydrogen-bond donors (Lipinski definition) is 1. The van der Waals surface area contributed by atoms with Gasteiger partial charge in [-0.1, -0.05) is 74.3 Å². The van der Waals surface area contributed by atoms with Crippen molar-refractivity contribution in [1.29, 1.82) is 0 Å². The van der Waals surface area contributed by atoms with Crippen LogP contribution in [0.2, 0.25) is 0 Å². The summed E-state index contributed by atoms with van der Waals surface area (Å²) in [6.07, 6.45) is 6.24. The summed E-state index contributed by atoms with van der Waals surface area (Å²) in [4.78, 5) is 22.7. The third-order valence-corrected chi connectivity index (χ3v) is 6.81. The molecule has 1 amide bonds. The van der Waals surface area contributed by atoms with E-state index >= 15 is 0 Å². The van der Waals surface area contributed by atoms with Gasteiger partial charge in [-0.15, -0.1) is 0 Å². The van der Waals surface area contributed by atoms with Crippen molar-refractivity contribution >= 4 is 16.8 Å². The lowest BCUT2D eigenvalue weighted by Crippen LogP contribution is -2.35. The minimum atomic E-state index is -0.0650. The topological polar surface area (TPSA) is 75.0 Å². The number of rotatable bonds is 6. The fourth-order valence-corrected chi connectivity index (χ4v) is 4.83. The van der Waals surface area contributed by atoms with E-state index in [9.17, 15) is 4.79 Å². The minimum absolute atomic E-state index is 0.0146. The number of para-hydroxylation sites is 1. The molecule has 1 aliphatic rings. The van der Waals surface area contributed by atoms with E-state index in [4.69, 9.17) is 4.52 Å². The third kappa shape index (κ3) is 4.13. The van der Waals surface area contributed by atoms with E-state index in [1.54, 1.807) is 11.9 Å². The van der Waals surface area contributed by atoms with E-state index in [1.165, 1.54) is 23.1 Å². The van der Waals surface area contributed by atoms with E-state index in [2.05, 4.69) is 58.6 Å². The normalized spacial score (nSPS) is 14.3. The predicted molar refractivity (Wildman–Crippen MR) is 135 cm³/mol. The van der Waals surface area contributed by atoms with Crippen molar-refractivity contribution in [2.45, 2.75) is 65.3 Å². The molecule has 0 bridgehead atoms. The molecule has 0 spiro atoms. The molecule has 2 aromatic carbocycles. The summed E-state index contributed by atoms with van der Waals surface area (Å²) in [7, 11) is 1.77. The van der Waals surface area contributed by atoms with Gasteiger partial charge in [0, 0.05) is 30.5 Å². The highest BCUT2D eigenvalue weighted by Crippen LogP contribution is 2.51. The van der Waals surface area contributed by atoms with Gasteiger partial charge in [-0.25, -0.2) is 0 Å². The average molecular weight is 459 g/mol. The summed E-state index contributed by atoms with van der Waals surface area (Å²) >= 11 is 0. The molecule has 6 nitrogen and oxygen atoms in total. The number of aryl methyl sites for hydroxylation is 2. The van der Waals surface area contributed by atoms with Crippen LogP contribution in [0.15, 0.2) is 53.2 Å². The number of nitrogens with one attached hydrogen (secondary N) is 1. The number of carbonyl (C=O) groups is 1. The van der Waals surface area contributed by atoms with E-state index in [0.29, 0.717) is 30.2 Å².